The van der Waals surface area contributed by atoms with E-state index in [0.717, 1.165) is 25.7 Å². The van der Waals surface area contributed by atoms with Crippen LogP contribution >= 0.6 is 0 Å². The Hall–Kier alpha value is -1.92. The number of amides is 1. The number of carbonyl (C=O) groups excluding carboxylic acids is 2. The van der Waals surface area contributed by atoms with Crippen LogP contribution < -0.4 is 11.1 Å². The van der Waals surface area contributed by atoms with Crippen LogP contribution in [0.15, 0.2) is 30.3 Å². The quantitative estimate of drug-likeness (QED) is 0.765. The summed E-state index contributed by atoms with van der Waals surface area (Å²) in [5.41, 5.74) is 6.13. The van der Waals surface area contributed by atoms with Crippen LogP contribution in [0.25, 0.3) is 0 Å². The molecule has 146 valence electrons. The fourth-order valence-electron chi connectivity index (χ4n) is 2.67. The third-order valence-electron chi connectivity index (χ3n) is 4.02. The Labute approximate surface area is 156 Å². The maximum absolute atomic E-state index is 11.5. The lowest BCUT2D eigenvalue weighted by molar-refractivity contribution is -0.125. The minimum absolute atomic E-state index is 0.0752. The Morgan fingerprint density at radius 3 is 2.27 bits per heavy atom. The van der Waals surface area contributed by atoms with Gasteiger partial charge in [0, 0.05) is 12.1 Å². The molecule has 1 aliphatic rings. The molecule has 1 amide bonds. The number of nitrogens with one attached hydrogen (secondary N) is 1. The lowest BCUT2D eigenvalue weighted by atomic mass is 9.91. The summed E-state index contributed by atoms with van der Waals surface area (Å²) in [6.07, 6.45) is 2.92. The van der Waals surface area contributed by atoms with Crippen molar-refractivity contribution in [1.82, 2.24) is 5.32 Å². The smallest absolute Gasteiger partial charge is 0.407 e. The van der Waals surface area contributed by atoms with E-state index in [-0.39, 0.29) is 24.0 Å². The van der Waals surface area contributed by atoms with Crippen molar-refractivity contribution in [2.24, 2.45) is 5.73 Å². The van der Waals surface area contributed by atoms with Gasteiger partial charge in [-0.3, -0.25) is 4.79 Å². The number of Topliss-reactive ketones (excluding diaryl/α,β-unsaturated/α-hetero) is 1. The number of alkyl carbamates (subject to hydrolysis) is 1. The summed E-state index contributed by atoms with van der Waals surface area (Å²) in [7, 11) is 0. The minimum Gasteiger partial charge on any atom is -0.444 e. The van der Waals surface area contributed by atoms with Gasteiger partial charge in [-0.25, -0.2) is 4.79 Å². The fraction of sp³-hybridized carbons (Fsp3) is 0.600. The molecule has 0 saturated heterocycles. The predicted octanol–water partition coefficient (Wildman–Crippen LogP) is 3.09. The van der Waals surface area contributed by atoms with Crippen molar-refractivity contribution < 1.29 is 19.4 Å². The molecule has 0 radical (unpaired) electrons. The SMILES string of the molecule is CC(=O)[C@@H](O)c1ccccc1.CC(C)(C)OC(=O)N[C@H]1CCCC[C@H]1N. The van der Waals surface area contributed by atoms with Gasteiger partial charge in [-0.1, -0.05) is 43.2 Å². The fourth-order valence-corrected chi connectivity index (χ4v) is 2.67. The van der Waals surface area contributed by atoms with E-state index in [1.54, 1.807) is 24.3 Å². The summed E-state index contributed by atoms with van der Waals surface area (Å²) in [6, 6.07) is 9.04. The molecule has 0 aromatic heterocycles. The van der Waals surface area contributed by atoms with Crippen LogP contribution in [0.5, 0.6) is 0 Å². The third-order valence-corrected chi connectivity index (χ3v) is 4.02. The van der Waals surface area contributed by atoms with Gasteiger partial charge in [-0.05, 0) is 46.1 Å². The first-order chi connectivity index (χ1) is 12.1. The van der Waals surface area contributed by atoms with Crippen molar-refractivity contribution in [2.45, 2.75) is 77.2 Å². The summed E-state index contributed by atoms with van der Waals surface area (Å²) in [6.45, 7) is 6.94. The number of hydrogen-bond acceptors (Lipinski definition) is 5. The molecular formula is C20H32N2O4. The zero-order valence-corrected chi connectivity index (χ0v) is 16.2. The Bertz CT molecular complexity index is 569. The van der Waals surface area contributed by atoms with E-state index in [4.69, 9.17) is 10.5 Å². The van der Waals surface area contributed by atoms with Gasteiger partial charge in [0.2, 0.25) is 0 Å². The molecule has 0 aliphatic heterocycles. The molecular weight excluding hydrogens is 332 g/mol. The van der Waals surface area contributed by atoms with E-state index in [1.807, 2.05) is 26.8 Å². The van der Waals surface area contributed by atoms with Gasteiger partial charge < -0.3 is 20.9 Å². The van der Waals surface area contributed by atoms with Crippen molar-refractivity contribution >= 4 is 11.9 Å². The molecule has 1 fully saturated rings. The van der Waals surface area contributed by atoms with Crippen LogP contribution in [0.2, 0.25) is 0 Å². The van der Waals surface area contributed by atoms with Crippen LogP contribution in [0.1, 0.15) is 65.0 Å². The van der Waals surface area contributed by atoms with Crippen molar-refractivity contribution in [1.29, 1.82) is 0 Å². The number of aliphatic hydroxyl groups excluding tert-OH is 1. The van der Waals surface area contributed by atoms with E-state index in [0.29, 0.717) is 5.56 Å². The molecule has 0 heterocycles. The molecule has 3 atom stereocenters. The van der Waals surface area contributed by atoms with Gasteiger partial charge >= 0.3 is 6.09 Å². The molecule has 2 rings (SSSR count). The van der Waals surface area contributed by atoms with E-state index in [2.05, 4.69) is 5.32 Å². The summed E-state index contributed by atoms with van der Waals surface area (Å²) >= 11 is 0. The molecule has 0 unspecified atom stereocenters. The monoisotopic (exact) mass is 364 g/mol. The first-order valence-corrected chi connectivity index (χ1v) is 9.08. The first-order valence-electron chi connectivity index (χ1n) is 9.08. The van der Waals surface area contributed by atoms with E-state index < -0.39 is 11.7 Å². The third kappa shape index (κ3) is 8.45. The minimum atomic E-state index is -0.962. The average molecular weight is 364 g/mol. The lowest BCUT2D eigenvalue weighted by Gasteiger charge is -2.30. The predicted molar refractivity (Wildman–Crippen MR) is 102 cm³/mol. The molecule has 1 aromatic carbocycles. The number of aliphatic hydroxyl groups is 1. The number of ether oxygens (including phenoxy) is 1. The number of ketones is 1. The molecule has 26 heavy (non-hydrogen) atoms. The number of benzene rings is 1. The number of hydrogen-bond donors (Lipinski definition) is 3. The van der Waals surface area contributed by atoms with Gasteiger partial charge in [0.05, 0.1) is 0 Å². The van der Waals surface area contributed by atoms with Crippen molar-refractivity contribution in [3.8, 4) is 0 Å². The highest BCUT2D eigenvalue weighted by Crippen LogP contribution is 2.17. The zero-order valence-electron chi connectivity index (χ0n) is 16.2. The maximum atomic E-state index is 11.5. The van der Waals surface area contributed by atoms with Gasteiger partial charge in [-0.15, -0.1) is 0 Å². The Morgan fingerprint density at radius 1 is 1.19 bits per heavy atom. The molecule has 0 bridgehead atoms. The Kier molecular flexibility index (Phi) is 8.75. The van der Waals surface area contributed by atoms with E-state index >= 15 is 0 Å². The zero-order chi connectivity index (χ0) is 19.7. The highest BCUT2D eigenvalue weighted by atomic mass is 16.6. The number of nitrogens with two attached hydrogens (primary N) is 1. The Morgan fingerprint density at radius 2 is 1.77 bits per heavy atom. The van der Waals surface area contributed by atoms with Crippen LogP contribution in [0, 0.1) is 0 Å². The van der Waals surface area contributed by atoms with Crippen LogP contribution in [-0.4, -0.2) is 34.7 Å². The summed E-state index contributed by atoms with van der Waals surface area (Å²) in [4.78, 5) is 22.2. The highest BCUT2D eigenvalue weighted by molar-refractivity contribution is 5.81. The Balaban J connectivity index is 0.000000273. The summed E-state index contributed by atoms with van der Waals surface area (Å²) in [5, 5.41) is 12.1. The normalized spacial score (nSPS) is 21.0. The second-order valence-electron chi connectivity index (χ2n) is 7.62. The van der Waals surface area contributed by atoms with E-state index in [9.17, 15) is 14.7 Å². The molecule has 1 aliphatic carbocycles. The average Bonchev–Trinajstić information content (AvgIpc) is 2.56. The summed E-state index contributed by atoms with van der Waals surface area (Å²) in [5.74, 6) is -0.226. The molecule has 4 N–H and O–H groups in total. The summed E-state index contributed by atoms with van der Waals surface area (Å²) < 4.78 is 5.18. The van der Waals surface area contributed by atoms with Gasteiger partial charge in [0.25, 0.3) is 0 Å². The molecule has 1 saturated carbocycles. The molecule has 0 spiro atoms. The molecule has 1 aromatic rings. The second-order valence-corrected chi connectivity index (χ2v) is 7.62. The standard InChI is InChI=1S/C11H22N2O2.C9H10O2/c1-11(2,3)15-10(14)13-9-7-5-4-6-8(9)12;1-7(10)9(11)8-5-3-2-4-6-8/h8-9H,4-7,12H2,1-3H3,(H,13,14);2-6,9,11H,1H3/t8-,9+;9-/m11/s1. The van der Waals surface area contributed by atoms with Gasteiger partial charge in [-0.2, -0.15) is 0 Å². The molecule has 6 nitrogen and oxygen atoms in total. The van der Waals surface area contributed by atoms with Gasteiger partial charge in [0.15, 0.2) is 5.78 Å². The number of carbonyl (C=O) groups is 2. The lowest BCUT2D eigenvalue weighted by Crippen LogP contribution is -2.50. The van der Waals surface area contributed by atoms with Crippen LogP contribution in [0.3, 0.4) is 0 Å². The highest BCUT2D eigenvalue weighted by Gasteiger charge is 2.25. The molecule has 6 heteroatoms. The van der Waals surface area contributed by atoms with Crippen molar-refractivity contribution in [3.05, 3.63) is 35.9 Å². The number of rotatable bonds is 3. The van der Waals surface area contributed by atoms with Crippen molar-refractivity contribution in [2.75, 3.05) is 0 Å². The van der Waals surface area contributed by atoms with E-state index in [1.165, 1.54) is 6.92 Å². The largest absolute Gasteiger partial charge is 0.444 e. The van der Waals surface area contributed by atoms with Crippen LogP contribution in [-0.2, 0) is 9.53 Å². The maximum Gasteiger partial charge on any atom is 0.407 e. The van der Waals surface area contributed by atoms with Crippen LogP contribution in [0.4, 0.5) is 4.79 Å². The first kappa shape index (κ1) is 22.1. The second kappa shape index (κ2) is 10.3. The van der Waals surface area contributed by atoms with Gasteiger partial charge in [0.1, 0.15) is 11.7 Å². The topological polar surface area (TPSA) is 102 Å². The van der Waals surface area contributed by atoms with Crippen molar-refractivity contribution in [3.63, 3.8) is 0 Å².